The number of aromatic nitrogens is 5. The van der Waals surface area contributed by atoms with Crippen LogP contribution in [-0.4, -0.2) is 43.7 Å². The van der Waals surface area contributed by atoms with Gasteiger partial charge in [0.05, 0.1) is 0 Å². The van der Waals surface area contributed by atoms with E-state index in [0.717, 1.165) is 12.8 Å². The molecule has 0 aromatic carbocycles. The van der Waals surface area contributed by atoms with Crippen LogP contribution in [0.2, 0.25) is 0 Å². The normalized spacial score (nSPS) is 14.7. The standard InChI is InChI=1S/C10H13N7O/c18-10(12-7-1-2-7)5-6-11-8-3-4-9-13-15-16-17(9)14-8/h3-4,7H,1-2,5-6H2,(H,11,14)(H,12,18). The fraction of sp³-hybridized carbons (Fsp3) is 0.500. The van der Waals surface area contributed by atoms with Crippen molar-refractivity contribution in [3.63, 3.8) is 0 Å². The molecule has 2 N–H and O–H groups in total. The zero-order chi connectivity index (χ0) is 12.4. The second-order valence-corrected chi connectivity index (χ2v) is 4.26. The van der Waals surface area contributed by atoms with Crippen molar-refractivity contribution in [3.8, 4) is 0 Å². The zero-order valence-corrected chi connectivity index (χ0v) is 9.70. The van der Waals surface area contributed by atoms with Gasteiger partial charge in [0.25, 0.3) is 0 Å². The number of hydrogen-bond acceptors (Lipinski definition) is 6. The summed E-state index contributed by atoms with van der Waals surface area (Å²) in [6.45, 7) is 0.541. The van der Waals surface area contributed by atoms with Crippen LogP contribution in [-0.2, 0) is 4.79 Å². The Hall–Kier alpha value is -2.25. The molecule has 18 heavy (non-hydrogen) atoms. The van der Waals surface area contributed by atoms with Gasteiger partial charge < -0.3 is 10.6 Å². The van der Waals surface area contributed by atoms with Crippen molar-refractivity contribution >= 4 is 17.4 Å². The van der Waals surface area contributed by atoms with Crippen LogP contribution in [0.15, 0.2) is 12.1 Å². The van der Waals surface area contributed by atoms with E-state index in [2.05, 4.69) is 31.3 Å². The molecule has 0 unspecified atom stereocenters. The van der Waals surface area contributed by atoms with Crippen LogP contribution < -0.4 is 10.6 Å². The van der Waals surface area contributed by atoms with Gasteiger partial charge >= 0.3 is 0 Å². The van der Waals surface area contributed by atoms with Gasteiger partial charge in [-0.15, -0.1) is 14.8 Å². The molecule has 1 aliphatic carbocycles. The third-order valence-corrected chi connectivity index (χ3v) is 2.67. The molecule has 0 spiro atoms. The smallest absolute Gasteiger partial charge is 0.221 e. The van der Waals surface area contributed by atoms with Gasteiger partial charge in [0.2, 0.25) is 5.91 Å². The number of rotatable bonds is 5. The molecule has 8 heteroatoms. The highest BCUT2D eigenvalue weighted by molar-refractivity contribution is 5.77. The predicted molar refractivity (Wildman–Crippen MR) is 62.8 cm³/mol. The first kappa shape index (κ1) is 10.9. The Labute approximate surface area is 103 Å². The summed E-state index contributed by atoms with van der Waals surface area (Å²) in [5.74, 6) is 0.725. The van der Waals surface area contributed by atoms with Crippen molar-refractivity contribution in [3.05, 3.63) is 12.1 Å². The van der Waals surface area contributed by atoms with Gasteiger partial charge in [-0.2, -0.15) is 0 Å². The molecule has 0 saturated heterocycles. The van der Waals surface area contributed by atoms with Gasteiger partial charge in [-0.1, -0.05) is 0 Å². The SMILES string of the molecule is O=C(CCNc1ccc2nnnn2n1)NC1CC1. The molecule has 8 nitrogen and oxygen atoms in total. The van der Waals surface area contributed by atoms with Crippen molar-refractivity contribution in [1.29, 1.82) is 0 Å². The average molecular weight is 247 g/mol. The van der Waals surface area contributed by atoms with Crippen LogP contribution in [0.4, 0.5) is 5.82 Å². The molecule has 1 aliphatic rings. The number of fused-ring (bicyclic) bond motifs is 1. The van der Waals surface area contributed by atoms with Crippen molar-refractivity contribution in [2.75, 3.05) is 11.9 Å². The van der Waals surface area contributed by atoms with E-state index in [-0.39, 0.29) is 5.91 Å². The lowest BCUT2D eigenvalue weighted by atomic mass is 10.4. The van der Waals surface area contributed by atoms with Crippen molar-refractivity contribution < 1.29 is 4.79 Å². The van der Waals surface area contributed by atoms with E-state index in [1.165, 1.54) is 4.63 Å². The van der Waals surface area contributed by atoms with Crippen LogP contribution in [0.5, 0.6) is 0 Å². The average Bonchev–Trinajstić information content (AvgIpc) is 3.05. The topological polar surface area (TPSA) is 97.1 Å². The van der Waals surface area contributed by atoms with Crippen LogP contribution in [0, 0.1) is 0 Å². The monoisotopic (exact) mass is 247 g/mol. The molecular weight excluding hydrogens is 234 g/mol. The van der Waals surface area contributed by atoms with Crippen molar-refractivity contribution in [2.24, 2.45) is 0 Å². The number of nitrogens with zero attached hydrogens (tertiary/aromatic N) is 5. The quantitative estimate of drug-likeness (QED) is 0.746. The first-order valence-electron chi connectivity index (χ1n) is 5.90. The molecule has 1 saturated carbocycles. The van der Waals surface area contributed by atoms with Crippen LogP contribution in [0.25, 0.3) is 5.65 Å². The summed E-state index contributed by atoms with van der Waals surface area (Å²) in [5, 5.41) is 21.1. The Morgan fingerprint density at radius 2 is 2.33 bits per heavy atom. The van der Waals surface area contributed by atoms with Gasteiger partial charge in [0.1, 0.15) is 5.82 Å². The first-order chi connectivity index (χ1) is 8.81. The maximum atomic E-state index is 11.4. The molecule has 1 amide bonds. The van der Waals surface area contributed by atoms with Crippen LogP contribution in [0.3, 0.4) is 0 Å². The molecule has 2 aromatic rings. The minimum atomic E-state index is 0.0773. The maximum Gasteiger partial charge on any atom is 0.221 e. The number of tetrazole rings is 1. The second-order valence-electron chi connectivity index (χ2n) is 4.26. The highest BCUT2D eigenvalue weighted by Gasteiger charge is 2.22. The van der Waals surface area contributed by atoms with Gasteiger partial charge in [-0.05, 0) is 35.4 Å². The lowest BCUT2D eigenvalue weighted by Crippen LogP contribution is -2.27. The van der Waals surface area contributed by atoms with Crippen molar-refractivity contribution in [1.82, 2.24) is 30.6 Å². The number of anilines is 1. The number of carbonyl (C=O) groups excluding carboxylic acids is 1. The summed E-state index contributed by atoms with van der Waals surface area (Å²) in [5.41, 5.74) is 0.590. The number of amides is 1. The number of carbonyl (C=O) groups is 1. The summed E-state index contributed by atoms with van der Waals surface area (Å²) >= 11 is 0. The van der Waals surface area contributed by atoms with Crippen LogP contribution in [0.1, 0.15) is 19.3 Å². The minimum Gasteiger partial charge on any atom is -0.368 e. The highest BCUT2D eigenvalue weighted by atomic mass is 16.1. The van der Waals surface area contributed by atoms with E-state index in [0.29, 0.717) is 30.5 Å². The second kappa shape index (κ2) is 4.55. The Balaban J connectivity index is 1.50. The Bertz CT molecular complexity index is 562. The van der Waals surface area contributed by atoms with E-state index in [4.69, 9.17) is 0 Å². The van der Waals surface area contributed by atoms with E-state index >= 15 is 0 Å². The van der Waals surface area contributed by atoms with E-state index < -0.39 is 0 Å². The molecule has 3 rings (SSSR count). The van der Waals surface area contributed by atoms with E-state index in [1.54, 1.807) is 12.1 Å². The van der Waals surface area contributed by atoms with Gasteiger partial charge in [-0.3, -0.25) is 4.79 Å². The first-order valence-corrected chi connectivity index (χ1v) is 5.90. The van der Waals surface area contributed by atoms with Crippen molar-refractivity contribution in [2.45, 2.75) is 25.3 Å². The van der Waals surface area contributed by atoms with Gasteiger partial charge in [-0.25, -0.2) is 0 Å². The largest absolute Gasteiger partial charge is 0.368 e. The van der Waals surface area contributed by atoms with E-state index in [1.807, 2.05) is 0 Å². The summed E-state index contributed by atoms with van der Waals surface area (Å²) in [7, 11) is 0. The summed E-state index contributed by atoms with van der Waals surface area (Å²) in [6, 6.07) is 3.96. The Morgan fingerprint density at radius 3 is 3.17 bits per heavy atom. The van der Waals surface area contributed by atoms with E-state index in [9.17, 15) is 4.79 Å². The molecule has 0 radical (unpaired) electrons. The zero-order valence-electron chi connectivity index (χ0n) is 9.70. The summed E-state index contributed by atoms with van der Waals surface area (Å²) in [6.07, 6.45) is 2.65. The lowest BCUT2D eigenvalue weighted by molar-refractivity contribution is -0.120. The molecule has 94 valence electrons. The molecule has 0 atom stereocenters. The molecule has 2 heterocycles. The fourth-order valence-electron chi connectivity index (χ4n) is 1.58. The minimum absolute atomic E-state index is 0.0773. The molecule has 1 fully saturated rings. The summed E-state index contributed by atoms with van der Waals surface area (Å²) in [4.78, 5) is 11.4. The van der Waals surface area contributed by atoms with Gasteiger partial charge in [0, 0.05) is 19.0 Å². The Morgan fingerprint density at radius 1 is 1.44 bits per heavy atom. The third kappa shape index (κ3) is 2.53. The summed E-state index contributed by atoms with van der Waals surface area (Å²) < 4.78 is 1.34. The third-order valence-electron chi connectivity index (χ3n) is 2.67. The highest BCUT2D eigenvalue weighted by Crippen LogP contribution is 2.18. The maximum absolute atomic E-state index is 11.4. The number of hydrogen-bond donors (Lipinski definition) is 2. The number of nitrogens with one attached hydrogen (secondary N) is 2. The fourth-order valence-corrected chi connectivity index (χ4v) is 1.58. The van der Waals surface area contributed by atoms with Gasteiger partial charge in [0.15, 0.2) is 5.65 Å². The molecule has 0 aliphatic heterocycles. The molecular formula is C10H13N7O. The molecule has 0 bridgehead atoms. The lowest BCUT2D eigenvalue weighted by Gasteiger charge is -2.05. The predicted octanol–water partition coefficient (Wildman–Crippen LogP) is -0.400. The van der Waals surface area contributed by atoms with Crippen LogP contribution >= 0.6 is 0 Å². The Kier molecular flexibility index (Phi) is 2.75. The molecule has 2 aromatic heterocycles.